The second kappa shape index (κ2) is 7.98. The molecular weight excluding hydrogens is 326 g/mol. The van der Waals surface area contributed by atoms with E-state index in [1.165, 1.54) is 12.6 Å². The van der Waals surface area contributed by atoms with Crippen LogP contribution in [0.25, 0.3) is 0 Å². The predicted octanol–water partition coefficient (Wildman–Crippen LogP) is 0.746. The fraction of sp³-hybridized carbons (Fsp3) is 0.588. The Morgan fingerprint density at radius 2 is 1.71 bits per heavy atom. The second-order valence-electron chi connectivity index (χ2n) is 6.50. The molecule has 2 unspecified atom stereocenters. The molecule has 1 aliphatic rings. The number of rotatable bonds is 6. The molecule has 0 aromatic heterocycles. The standard InChI is InChI=1S/C17H27N3O3S/c1-14(18-17(21)15(2)24(3,22)23)13-19-9-11-20(12-10-19)16-7-5-4-6-8-16/h4-8,14-15H,9-13H2,1-3H3,(H,18,21). The molecule has 1 N–H and O–H groups in total. The van der Waals surface area contributed by atoms with Crippen molar-refractivity contribution in [2.75, 3.05) is 43.9 Å². The van der Waals surface area contributed by atoms with Crippen LogP contribution in [0.15, 0.2) is 30.3 Å². The number of carbonyl (C=O) groups is 1. The van der Waals surface area contributed by atoms with E-state index in [0.29, 0.717) is 0 Å². The normalized spacial score (nSPS) is 18.9. The molecule has 1 aromatic rings. The maximum atomic E-state index is 12.0. The van der Waals surface area contributed by atoms with Gasteiger partial charge in [0.1, 0.15) is 5.25 Å². The number of benzene rings is 1. The number of amides is 1. The first-order valence-electron chi connectivity index (χ1n) is 8.29. The molecule has 1 aliphatic heterocycles. The van der Waals surface area contributed by atoms with Crippen molar-refractivity contribution in [1.82, 2.24) is 10.2 Å². The lowest BCUT2D eigenvalue weighted by Gasteiger charge is -2.37. The number of sulfone groups is 1. The summed E-state index contributed by atoms with van der Waals surface area (Å²) in [5.74, 6) is -0.423. The van der Waals surface area contributed by atoms with Crippen LogP contribution >= 0.6 is 0 Å². The average Bonchev–Trinajstić information content (AvgIpc) is 2.54. The lowest BCUT2D eigenvalue weighted by molar-refractivity contribution is -0.121. The summed E-state index contributed by atoms with van der Waals surface area (Å²) in [6.07, 6.45) is 1.09. The van der Waals surface area contributed by atoms with Crippen LogP contribution in [0.4, 0.5) is 5.69 Å². The zero-order chi connectivity index (χ0) is 17.7. The quantitative estimate of drug-likeness (QED) is 0.817. The number of para-hydroxylation sites is 1. The average molecular weight is 353 g/mol. The van der Waals surface area contributed by atoms with Crippen molar-refractivity contribution in [3.8, 4) is 0 Å². The molecule has 2 rings (SSSR count). The highest BCUT2D eigenvalue weighted by Gasteiger charge is 2.25. The molecule has 1 amide bonds. The van der Waals surface area contributed by atoms with Crippen molar-refractivity contribution >= 4 is 21.4 Å². The highest BCUT2D eigenvalue weighted by atomic mass is 32.2. The first-order chi connectivity index (χ1) is 11.3. The third-order valence-electron chi connectivity index (χ3n) is 4.43. The van der Waals surface area contributed by atoms with Crippen LogP contribution in [0.5, 0.6) is 0 Å². The Labute approximate surface area is 144 Å². The molecule has 1 saturated heterocycles. The molecule has 7 heteroatoms. The summed E-state index contributed by atoms with van der Waals surface area (Å²) in [5.41, 5.74) is 1.24. The van der Waals surface area contributed by atoms with Crippen molar-refractivity contribution in [2.24, 2.45) is 0 Å². The van der Waals surface area contributed by atoms with Crippen molar-refractivity contribution in [3.63, 3.8) is 0 Å². The Bertz CT molecular complexity index is 640. The molecule has 2 atom stereocenters. The third-order valence-corrected chi connectivity index (χ3v) is 5.92. The minimum absolute atomic E-state index is 0.0787. The van der Waals surface area contributed by atoms with E-state index in [2.05, 4.69) is 27.2 Å². The van der Waals surface area contributed by atoms with Crippen molar-refractivity contribution in [2.45, 2.75) is 25.1 Å². The van der Waals surface area contributed by atoms with E-state index in [0.717, 1.165) is 39.0 Å². The van der Waals surface area contributed by atoms with E-state index in [4.69, 9.17) is 0 Å². The molecule has 1 aromatic carbocycles. The Kier molecular flexibility index (Phi) is 6.23. The van der Waals surface area contributed by atoms with Gasteiger partial charge in [-0.15, -0.1) is 0 Å². The minimum Gasteiger partial charge on any atom is -0.369 e. The number of hydrogen-bond donors (Lipinski definition) is 1. The topological polar surface area (TPSA) is 69.7 Å². The molecule has 0 bridgehead atoms. The first kappa shape index (κ1) is 18.7. The molecule has 1 fully saturated rings. The Balaban J connectivity index is 1.78. The van der Waals surface area contributed by atoms with E-state index in [1.807, 2.05) is 25.1 Å². The van der Waals surface area contributed by atoms with Crippen LogP contribution in [-0.2, 0) is 14.6 Å². The van der Waals surface area contributed by atoms with Gasteiger partial charge in [0.25, 0.3) is 0 Å². The Morgan fingerprint density at radius 3 is 2.25 bits per heavy atom. The second-order valence-corrected chi connectivity index (χ2v) is 8.87. The SMILES string of the molecule is CC(CN1CCN(c2ccccc2)CC1)NC(=O)C(C)S(C)(=O)=O. The van der Waals surface area contributed by atoms with Crippen LogP contribution in [0.2, 0.25) is 0 Å². The Morgan fingerprint density at radius 1 is 1.12 bits per heavy atom. The van der Waals surface area contributed by atoms with Crippen LogP contribution < -0.4 is 10.2 Å². The van der Waals surface area contributed by atoms with Gasteiger partial charge in [-0.25, -0.2) is 8.42 Å². The van der Waals surface area contributed by atoms with E-state index >= 15 is 0 Å². The zero-order valence-electron chi connectivity index (χ0n) is 14.6. The lowest BCUT2D eigenvalue weighted by atomic mass is 10.2. The molecule has 0 aliphatic carbocycles. The number of nitrogens with one attached hydrogen (secondary N) is 1. The van der Waals surface area contributed by atoms with Gasteiger partial charge in [-0.1, -0.05) is 18.2 Å². The number of nitrogens with zero attached hydrogens (tertiary/aromatic N) is 2. The Hall–Kier alpha value is -1.60. The first-order valence-corrected chi connectivity index (χ1v) is 10.2. The van der Waals surface area contributed by atoms with E-state index in [9.17, 15) is 13.2 Å². The van der Waals surface area contributed by atoms with E-state index < -0.39 is 21.0 Å². The summed E-state index contributed by atoms with van der Waals surface area (Å²) in [6, 6.07) is 10.3. The lowest BCUT2D eigenvalue weighted by Crippen LogP contribution is -2.52. The summed E-state index contributed by atoms with van der Waals surface area (Å²) in [4.78, 5) is 16.6. The number of hydrogen-bond acceptors (Lipinski definition) is 5. The van der Waals surface area contributed by atoms with Gasteiger partial charge in [0.15, 0.2) is 9.84 Å². The summed E-state index contributed by atoms with van der Waals surface area (Å²) in [6.45, 7) is 7.82. The monoisotopic (exact) mass is 353 g/mol. The van der Waals surface area contributed by atoms with Gasteiger partial charge < -0.3 is 10.2 Å². The molecule has 134 valence electrons. The number of carbonyl (C=O) groups excluding carboxylic acids is 1. The molecule has 0 spiro atoms. The van der Waals surface area contributed by atoms with Crippen LogP contribution in [-0.4, -0.2) is 69.5 Å². The van der Waals surface area contributed by atoms with Gasteiger partial charge >= 0.3 is 0 Å². The van der Waals surface area contributed by atoms with Crippen LogP contribution in [0.3, 0.4) is 0 Å². The fourth-order valence-electron chi connectivity index (χ4n) is 2.82. The van der Waals surface area contributed by atoms with Crippen LogP contribution in [0.1, 0.15) is 13.8 Å². The van der Waals surface area contributed by atoms with E-state index in [-0.39, 0.29) is 6.04 Å². The van der Waals surface area contributed by atoms with Gasteiger partial charge in [0.2, 0.25) is 5.91 Å². The van der Waals surface area contributed by atoms with Crippen molar-refractivity contribution in [3.05, 3.63) is 30.3 Å². The molecule has 0 saturated carbocycles. The van der Waals surface area contributed by atoms with Crippen molar-refractivity contribution in [1.29, 1.82) is 0 Å². The third kappa shape index (κ3) is 5.21. The molecule has 24 heavy (non-hydrogen) atoms. The number of piperazine rings is 1. The van der Waals surface area contributed by atoms with Gasteiger partial charge in [-0.2, -0.15) is 0 Å². The zero-order valence-corrected chi connectivity index (χ0v) is 15.4. The van der Waals surface area contributed by atoms with Crippen molar-refractivity contribution < 1.29 is 13.2 Å². The smallest absolute Gasteiger partial charge is 0.238 e. The summed E-state index contributed by atoms with van der Waals surface area (Å²) in [5, 5.41) is 1.80. The van der Waals surface area contributed by atoms with E-state index in [1.54, 1.807) is 0 Å². The minimum atomic E-state index is -3.35. The van der Waals surface area contributed by atoms with Crippen LogP contribution in [0, 0.1) is 0 Å². The van der Waals surface area contributed by atoms with Gasteiger partial charge in [0.05, 0.1) is 0 Å². The largest absolute Gasteiger partial charge is 0.369 e. The van der Waals surface area contributed by atoms with Gasteiger partial charge in [-0.05, 0) is 26.0 Å². The number of anilines is 1. The molecule has 1 heterocycles. The highest BCUT2D eigenvalue weighted by Crippen LogP contribution is 2.15. The molecule has 6 nitrogen and oxygen atoms in total. The highest BCUT2D eigenvalue weighted by molar-refractivity contribution is 7.92. The van der Waals surface area contributed by atoms with Gasteiger partial charge in [-0.3, -0.25) is 9.69 Å². The summed E-state index contributed by atoms with van der Waals surface area (Å²) < 4.78 is 22.9. The maximum Gasteiger partial charge on any atom is 0.238 e. The fourth-order valence-corrected chi connectivity index (χ4v) is 3.27. The maximum absolute atomic E-state index is 12.0. The molecular formula is C17H27N3O3S. The summed E-state index contributed by atoms with van der Waals surface area (Å²) >= 11 is 0. The molecule has 0 radical (unpaired) electrons. The summed E-state index contributed by atoms with van der Waals surface area (Å²) in [7, 11) is -3.35. The van der Waals surface area contributed by atoms with Gasteiger partial charge in [0, 0.05) is 50.7 Å². The predicted molar refractivity (Wildman–Crippen MR) is 97.0 cm³/mol.